The maximum atomic E-state index is 11.8. The normalized spacial score (nSPS) is 19.8. The maximum absolute atomic E-state index is 11.8. The SMILES string of the molecule is O=C(Cc1ccccn1)NCCN1CCCC[C@@H]1CO. The number of aliphatic hydroxyl groups is 1. The Kier molecular flexibility index (Phi) is 5.95. The fourth-order valence-corrected chi connectivity index (χ4v) is 2.63. The Morgan fingerprint density at radius 2 is 2.35 bits per heavy atom. The lowest BCUT2D eigenvalue weighted by Crippen LogP contribution is -2.45. The van der Waals surface area contributed by atoms with Crippen molar-refractivity contribution in [3.63, 3.8) is 0 Å². The third-order valence-corrected chi connectivity index (χ3v) is 3.75. The largest absolute Gasteiger partial charge is 0.395 e. The molecule has 1 atom stereocenters. The Hall–Kier alpha value is -1.46. The van der Waals surface area contributed by atoms with Crippen LogP contribution in [-0.4, -0.2) is 53.2 Å². The van der Waals surface area contributed by atoms with E-state index in [0.717, 1.165) is 25.2 Å². The van der Waals surface area contributed by atoms with Gasteiger partial charge in [-0.05, 0) is 31.5 Å². The van der Waals surface area contributed by atoms with Gasteiger partial charge in [0.25, 0.3) is 0 Å². The summed E-state index contributed by atoms with van der Waals surface area (Å²) in [4.78, 5) is 18.2. The van der Waals surface area contributed by atoms with Crippen LogP contribution in [0.1, 0.15) is 25.0 Å². The molecule has 0 saturated carbocycles. The van der Waals surface area contributed by atoms with Crippen molar-refractivity contribution in [2.24, 2.45) is 0 Å². The van der Waals surface area contributed by atoms with Gasteiger partial charge < -0.3 is 10.4 Å². The highest BCUT2D eigenvalue weighted by Crippen LogP contribution is 2.15. The summed E-state index contributed by atoms with van der Waals surface area (Å²) in [6.45, 7) is 2.66. The molecule has 0 radical (unpaired) electrons. The van der Waals surface area contributed by atoms with Gasteiger partial charge in [0.05, 0.1) is 13.0 Å². The lowest BCUT2D eigenvalue weighted by atomic mass is 10.0. The summed E-state index contributed by atoms with van der Waals surface area (Å²) < 4.78 is 0. The molecule has 1 aliphatic rings. The van der Waals surface area contributed by atoms with E-state index in [1.807, 2.05) is 18.2 Å². The Bertz CT molecular complexity index is 411. The van der Waals surface area contributed by atoms with Crippen LogP contribution < -0.4 is 5.32 Å². The Labute approximate surface area is 120 Å². The fourth-order valence-electron chi connectivity index (χ4n) is 2.63. The topological polar surface area (TPSA) is 65.5 Å². The quantitative estimate of drug-likeness (QED) is 0.798. The molecule has 0 bridgehead atoms. The molecule has 0 aliphatic carbocycles. The zero-order valence-corrected chi connectivity index (χ0v) is 11.8. The second kappa shape index (κ2) is 7.97. The standard InChI is InChI=1S/C15H23N3O2/c19-12-14-6-2-4-9-18(14)10-8-17-15(20)11-13-5-1-3-7-16-13/h1,3,5,7,14,19H,2,4,6,8-12H2,(H,17,20)/t14-/m1/s1. The molecule has 2 rings (SSSR count). The third-order valence-electron chi connectivity index (χ3n) is 3.75. The van der Waals surface area contributed by atoms with Crippen LogP contribution in [0, 0.1) is 0 Å². The van der Waals surface area contributed by atoms with E-state index in [9.17, 15) is 9.90 Å². The number of hydrogen-bond acceptors (Lipinski definition) is 4. The van der Waals surface area contributed by atoms with Crippen molar-refractivity contribution in [3.8, 4) is 0 Å². The molecule has 5 heteroatoms. The van der Waals surface area contributed by atoms with Gasteiger partial charge in [0.1, 0.15) is 0 Å². The summed E-state index contributed by atoms with van der Waals surface area (Å²) in [5, 5.41) is 12.2. The van der Waals surface area contributed by atoms with Crippen molar-refractivity contribution in [2.45, 2.75) is 31.7 Å². The lowest BCUT2D eigenvalue weighted by Gasteiger charge is -2.34. The number of carbonyl (C=O) groups excluding carboxylic acids is 1. The molecule has 0 aromatic carbocycles. The van der Waals surface area contributed by atoms with Crippen LogP contribution in [-0.2, 0) is 11.2 Å². The van der Waals surface area contributed by atoms with Crippen LogP contribution in [0.3, 0.4) is 0 Å². The van der Waals surface area contributed by atoms with Crippen molar-refractivity contribution < 1.29 is 9.90 Å². The van der Waals surface area contributed by atoms with E-state index in [-0.39, 0.29) is 18.6 Å². The van der Waals surface area contributed by atoms with Gasteiger partial charge in [-0.2, -0.15) is 0 Å². The summed E-state index contributed by atoms with van der Waals surface area (Å²) in [6, 6.07) is 5.84. The summed E-state index contributed by atoms with van der Waals surface area (Å²) in [6.07, 6.45) is 5.44. The number of likely N-dealkylation sites (tertiary alicyclic amines) is 1. The molecule has 1 amide bonds. The minimum atomic E-state index is 0.00116. The number of piperidine rings is 1. The number of aromatic nitrogens is 1. The van der Waals surface area contributed by atoms with E-state index in [2.05, 4.69) is 15.2 Å². The van der Waals surface area contributed by atoms with Gasteiger partial charge in [0.15, 0.2) is 0 Å². The van der Waals surface area contributed by atoms with Crippen molar-refractivity contribution >= 4 is 5.91 Å². The Morgan fingerprint density at radius 1 is 1.45 bits per heavy atom. The Morgan fingerprint density at radius 3 is 3.10 bits per heavy atom. The Balaban J connectivity index is 1.68. The second-order valence-corrected chi connectivity index (χ2v) is 5.22. The molecular weight excluding hydrogens is 254 g/mol. The first-order valence-corrected chi connectivity index (χ1v) is 7.31. The second-order valence-electron chi connectivity index (χ2n) is 5.22. The predicted octanol–water partition coefficient (Wildman–Crippen LogP) is 0.587. The van der Waals surface area contributed by atoms with Crippen LogP contribution in [0.4, 0.5) is 0 Å². The van der Waals surface area contributed by atoms with Crippen LogP contribution in [0.25, 0.3) is 0 Å². The molecule has 1 fully saturated rings. The summed E-state index contributed by atoms with van der Waals surface area (Å²) >= 11 is 0. The van der Waals surface area contributed by atoms with Crippen LogP contribution >= 0.6 is 0 Å². The molecular formula is C15H23N3O2. The van der Waals surface area contributed by atoms with Gasteiger partial charge in [0.2, 0.25) is 5.91 Å². The van der Waals surface area contributed by atoms with Gasteiger partial charge in [-0.3, -0.25) is 14.7 Å². The molecule has 1 saturated heterocycles. The summed E-state index contributed by atoms with van der Waals surface area (Å²) in [5.41, 5.74) is 0.788. The summed E-state index contributed by atoms with van der Waals surface area (Å²) in [5.74, 6) is 0.00116. The number of aliphatic hydroxyl groups excluding tert-OH is 1. The monoisotopic (exact) mass is 277 g/mol. The van der Waals surface area contributed by atoms with E-state index in [1.165, 1.54) is 12.8 Å². The number of nitrogens with zero attached hydrogens (tertiary/aromatic N) is 2. The van der Waals surface area contributed by atoms with Crippen molar-refractivity contribution in [2.75, 3.05) is 26.2 Å². The first-order valence-electron chi connectivity index (χ1n) is 7.31. The molecule has 110 valence electrons. The van der Waals surface area contributed by atoms with E-state index < -0.39 is 0 Å². The molecule has 5 nitrogen and oxygen atoms in total. The molecule has 2 heterocycles. The smallest absolute Gasteiger partial charge is 0.226 e. The maximum Gasteiger partial charge on any atom is 0.226 e. The highest BCUT2D eigenvalue weighted by molar-refractivity contribution is 5.78. The van der Waals surface area contributed by atoms with Crippen LogP contribution in [0.5, 0.6) is 0 Å². The highest BCUT2D eigenvalue weighted by Gasteiger charge is 2.20. The number of amides is 1. The molecule has 1 aromatic heterocycles. The van der Waals surface area contributed by atoms with Gasteiger partial charge in [-0.15, -0.1) is 0 Å². The van der Waals surface area contributed by atoms with Gasteiger partial charge >= 0.3 is 0 Å². The van der Waals surface area contributed by atoms with Crippen molar-refractivity contribution in [1.29, 1.82) is 0 Å². The van der Waals surface area contributed by atoms with Crippen LogP contribution in [0.15, 0.2) is 24.4 Å². The zero-order chi connectivity index (χ0) is 14.2. The minimum Gasteiger partial charge on any atom is -0.395 e. The molecule has 0 unspecified atom stereocenters. The number of pyridine rings is 1. The molecule has 1 aromatic rings. The van der Waals surface area contributed by atoms with Gasteiger partial charge in [0, 0.05) is 31.0 Å². The number of carbonyl (C=O) groups is 1. The van der Waals surface area contributed by atoms with Gasteiger partial charge in [-0.25, -0.2) is 0 Å². The average molecular weight is 277 g/mol. The third kappa shape index (κ3) is 4.58. The van der Waals surface area contributed by atoms with Crippen molar-refractivity contribution in [3.05, 3.63) is 30.1 Å². The molecule has 0 spiro atoms. The summed E-state index contributed by atoms with van der Waals surface area (Å²) in [7, 11) is 0. The first kappa shape index (κ1) is 14.9. The van der Waals surface area contributed by atoms with E-state index in [1.54, 1.807) is 6.20 Å². The lowest BCUT2D eigenvalue weighted by molar-refractivity contribution is -0.120. The minimum absolute atomic E-state index is 0.00116. The molecule has 1 aliphatic heterocycles. The first-order chi connectivity index (χ1) is 9.79. The number of rotatable bonds is 6. The molecule has 20 heavy (non-hydrogen) atoms. The van der Waals surface area contributed by atoms with E-state index in [4.69, 9.17) is 0 Å². The average Bonchev–Trinajstić information content (AvgIpc) is 2.49. The van der Waals surface area contributed by atoms with E-state index >= 15 is 0 Å². The fraction of sp³-hybridized carbons (Fsp3) is 0.600. The van der Waals surface area contributed by atoms with Crippen LogP contribution in [0.2, 0.25) is 0 Å². The van der Waals surface area contributed by atoms with E-state index in [0.29, 0.717) is 13.0 Å². The van der Waals surface area contributed by atoms with Crippen molar-refractivity contribution in [1.82, 2.24) is 15.2 Å². The predicted molar refractivity (Wildman–Crippen MR) is 77.2 cm³/mol. The zero-order valence-electron chi connectivity index (χ0n) is 11.8. The number of hydrogen-bond donors (Lipinski definition) is 2. The number of nitrogens with one attached hydrogen (secondary N) is 1. The molecule has 2 N–H and O–H groups in total. The van der Waals surface area contributed by atoms with Gasteiger partial charge in [-0.1, -0.05) is 12.5 Å². The highest BCUT2D eigenvalue weighted by atomic mass is 16.3.